The molecule has 1 atom stereocenters. The van der Waals surface area contributed by atoms with Crippen molar-refractivity contribution in [1.29, 1.82) is 0 Å². The van der Waals surface area contributed by atoms with Crippen LogP contribution in [0.25, 0.3) is 0 Å². The number of carboxylic acid groups (broad SMARTS) is 1. The summed E-state index contributed by atoms with van der Waals surface area (Å²) in [5.41, 5.74) is -1.13. The van der Waals surface area contributed by atoms with E-state index in [4.69, 9.17) is 0 Å². The fourth-order valence-corrected chi connectivity index (χ4v) is 1.72. The van der Waals surface area contributed by atoms with E-state index in [0.717, 1.165) is 6.42 Å². The highest BCUT2D eigenvalue weighted by Gasteiger charge is 2.39. The van der Waals surface area contributed by atoms with Gasteiger partial charge in [-0.15, -0.1) is 6.58 Å². The Kier molecular flexibility index (Phi) is 5.78. The maximum absolute atomic E-state index is 11.5. The molecule has 0 aromatic rings. The molecule has 1 unspecified atom stereocenters. The summed E-state index contributed by atoms with van der Waals surface area (Å²) in [5, 5.41) is 9.28. The van der Waals surface area contributed by atoms with E-state index in [1.54, 1.807) is 13.0 Å². The molecule has 0 heterocycles. The van der Waals surface area contributed by atoms with E-state index in [9.17, 15) is 14.7 Å². The second-order valence-corrected chi connectivity index (χ2v) is 4.08. The van der Waals surface area contributed by atoms with Gasteiger partial charge in [-0.2, -0.15) is 0 Å². The van der Waals surface area contributed by atoms with Gasteiger partial charge in [0.25, 0.3) is 0 Å². The molecule has 0 saturated heterocycles. The Morgan fingerprint density at radius 2 is 2.06 bits per heavy atom. The molecule has 0 rings (SSSR count). The minimum Gasteiger partial charge on any atom is -0.480 e. The molecule has 16 heavy (non-hydrogen) atoms. The first-order valence-electron chi connectivity index (χ1n) is 5.52. The maximum atomic E-state index is 11.5. The van der Waals surface area contributed by atoms with Crippen LogP contribution in [0.4, 0.5) is 0 Å². The zero-order valence-electron chi connectivity index (χ0n) is 10.3. The van der Waals surface area contributed by atoms with E-state index in [1.807, 2.05) is 6.92 Å². The molecule has 4 nitrogen and oxygen atoms in total. The van der Waals surface area contributed by atoms with Crippen LogP contribution in [0, 0.1) is 0 Å². The molecule has 1 amide bonds. The molecule has 4 heteroatoms. The first kappa shape index (κ1) is 14.7. The quantitative estimate of drug-likeness (QED) is 0.677. The molecule has 0 aromatic heterocycles. The van der Waals surface area contributed by atoms with Crippen molar-refractivity contribution in [2.24, 2.45) is 0 Å². The van der Waals surface area contributed by atoms with Gasteiger partial charge in [-0.25, -0.2) is 4.79 Å². The molecular formula is C12H21NO3. The van der Waals surface area contributed by atoms with Crippen molar-refractivity contribution in [2.45, 2.75) is 45.6 Å². The SMILES string of the molecule is C=CCCC(C)(C(=O)O)N(CCC)C(C)=O. The third-order valence-electron chi connectivity index (χ3n) is 2.72. The van der Waals surface area contributed by atoms with Crippen molar-refractivity contribution in [3.8, 4) is 0 Å². The minimum atomic E-state index is -1.13. The average Bonchev–Trinajstić information content (AvgIpc) is 2.21. The number of aliphatic carboxylic acids is 1. The number of carbonyl (C=O) groups is 2. The van der Waals surface area contributed by atoms with Crippen LogP contribution in [0.1, 0.15) is 40.0 Å². The number of rotatable bonds is 7. The lowest BCUT2D eigenvalue weighted by Crippen LogP contribution is -2.54. The summed E-state index contributed by atoms with van der Waals surface area (Å²) >= 11 is 0. The Morgan fingerprint density at radius 3 is 2.38 bits per heavy atom. The van der Waals surface area contributed by atoms with E-state index in [2.05, 4.69) is 6.58 Å². The van der Waals surface area contributed by atoms with Crippen molar-refractivity contribution >= 4 is 11.9 Å². The van der Waals surface area contributed by atoms with Gasteiger partial charge in [0.1, 0.15) is 5.54 Å². The van der Waals surface area contributed by atoms with Gasteiger partial charge in [0.05, 0.1) is 0 Å². The smallest absolute Gasteiger partial charge is 0.329 e. The van der Waals surface area contributed by atoms with Crippen molar-refractivity contribution in [3.05, 3.63) is 12.7 Å². The van der Waals surface area contributed by atoms with Gasteiger partial charge in [0, 0.05) is 13.5 Å². The summed E-state index contributed by atoms with van der Waals surface area (Å²) < 4.78 is 0. The second-order valence-electron chi connectivity index (χ2n) is 4.08. The summed E-state index contributed by atoms with van der Waals surface area (Å²) in [6.45, 7) is 8.97. The lowest BCUT2D eigenvalue weighted by molar-refractivity contribution is -0.158. The number of carbonyl (C=O) groups excluding carboxylic acids is 1. The van der Waals surface area contributed by atoms with Gasteiger partial charge in [-0.05, 0) is 26.2 Å². The van der Waals surface area contributed by atoms with Crippen LogP contribution in [-0.4, -0.2) is 34.0 Å². The molecular weight excluding hydrogens is 206 g/mol. The molecule has 0 aromatic carbocycles. The fraction of sp³-hybridized carbons (Fsp3) is 0.667. The Bertz CT molecular complexity index is 275. The highest BCUT2D eigenvalue weighted by molar-refractivity contribution is 5.85. The van der Waals surface area contributed by atoms with Crippen LogP contribution < -0.4 is 0 Å². The van der Waals surface area contributed by atoms with Gasteiger partial charge in [0.15, 0.2) is 0 Å². The van der Waals surface area contributed by atoms with E-state index < -0.39 is 11.5 Å². The number of carboxylic acids is 1. The number of nitrogens with zero attached hydrogens (tertiary/aromatic N) is 1. The molecule has 0 spiro atoms. The number of hydrogen-bond donors (Lipinski definition) is 1. The van der Waals surface area contributed by atoms with E-state index in [-0.39, 0.29) is 5.91 Å². The van der Waals surface area contributed by atoms with Crippen LogP contribution in [0.5, 0.6) is 0 Å². The fourth-order valence-electron chi connectivity index (χ4n) is 1.72. The third-order valence-corrected chi connectivity index (χ3v) is 2.72. The molecule has 0 saturated carbocycles. The van der Waals surface area contributed by atoms with Gasteiger partial charge in [-0.1, -0.05) is 13.0 Å². The molecule has 0 bridgehead atoms. The van der Waals surface area contributed by atoms with Crippen LogP contribution in [0.2, 0.25) is 0 Å². The Balaban J connectivity index is 5.02. The predicted molar refractivity (Wildman–Crippen MR) is 63.1 cm³/mol. The summed E-state index contributed by atoms with van der Waals surface area (Å²) in [4.78, 5) is 24.2. The number of allylic oxidation sites excluding steroid dienone is 1. The van der Waals surface area contributed by atoms with Crippen molar-refractivity contribution in [1.82, 2.24) is 4.90 Å². The Labute approximate surface area is 96.9 Å². The van der Waals surface area contributed by atoms with Crippen molar-refractivity contribution < 1.29 is 14.7 Å². The summed E-state index contributed by atoms with van der Waals surface area (Å²) in [6.07, 6.45) is 3.39. The van der Waals surface area contributed by atoms with Crippen molar-refractivity contribution in [3.63, 3.8) is 0 Å². The molecule has 0 aliphatic carbocycles. The van der Waals surface area contributed by atoms with Gasteiger partial charge >= 0.3 is 5.97 Å². The standard InChI is InChI=1S/C12H21NO3/c1-5-7-8-12(4,11(15)16)13(9-6-2)10(3)14/h5H,1,6-9H2,2-4H3,(H,15,16). The largest absolute Gasteiger partial charge is 0.480 e. The zero-order valence-corrected chi connectivity index (χ0v) is 10.3. The molecule has 92 valence electrons. The zero-order chi connectivity index (χ0) is 12.8. The lowest BCUT2D eigenvalue weighted by Gasteiger charge is -2.37. The number of amides is 1. The van der Waals surface area contributed by atoms with Gasteiger partial charge < -0.3 is 10.0 Å². The first-order valence-corrected chi connectivity index (χ1v) is 5.52. The molecule has 0 fully saturated rings. The maximum Gasteiger partial charge on any atom is 0.329 e. The molecule has 0 aliphatic rings. The van der Waals surface area contributed by atoms with E-state index >= 15 is 0 Å². The van der Waals surface area contributed by atoms with Gasteiger partial charge in [0.2, 0.25) is 5.91 Å². The van der Waals surface area contributed by atoms with Crippen LogP contribution in [0.3, 0.4) is 0 Å². The minimum absolute atomic E-state index is 0.198. The summed E-state index contributed by atoms with van der Waals surface area (Å²) in [7, 11) is 0. The number of hydrogen-bond acceptors (Lipinski definition) is 2. The molecule has 0 radical (unpaired) electrons. The first-order chi connectivity index (χ1) is 7.40. The molecule has 1 N–H and O–H groups in total. The normalized spacial score (nSPS) is 13.9. The highest BCUT2D eigenvalue weighted by Crippen LogP contribution is 2.22. The van der Waals surface area contributed by atoms with Crippen LogP contribution in [0.15, 0.2) is 12.7 Å². The van der Waals surface area contributed by atoms with Crippen LogP contribution in [-0.2, 0) is 9.59 Å². The van der Waals surface area contributed by atoms with Crippen LogP contribution >= 0.6 is 0 Å². The van der Waals surface area contributed by atoms with Gasteiger partial charge in [-0.3, -0.25) is 4.79 Å². The Hall–Kier alpha value is -1.32. The van der Waals surface area contributed by atoms with E-state index in [0.29, 0.717) is 19.4 Å². The second kappa shape index (κ2) is 6.30. The third kappa shape index (κ3) is 3.36. The average molecular weight is 227 g/mol. The van der Waals surface area contributed by atoms with Crippen molar-refractivity contribution in [2.75, 3.05) is 6.54 Å². The molecule has 0 aliphatic heterocycles. The predicted octanol–water partition coefficient (Wildman–Crippen LogP) is 2.05. The topological polar surface area (TPSA) is 57.6 Å². The highest BCUT2D eigenvalue weighted by atomic mass is 16.4. The van der Waals surface area contributed by atoms with E-state index in [1.165, 1.54) is 11.8 Å². The monoisotopic (exact) mass is 227 g/mol. The summed E-state index contributed by atoms with van der Waals surface area (Å²) in [5.74, 6) is -1.16. The lowest BCUT2D eigenvalue weighted by atomic mass is 9.93. The Morgan fingerprint density at radius 1 is 1.50 bits per heavy atom. The summed E-state index contributed by atoms with van der Waals surface area (Å²) in [6, 6.07) is 0.